The molecule has 0 aliphatic rings. The molecule has 1 aromatic carbocycles. The van der Waals surface area contributed by atoms with Gasteiger partial charge in [0.1, 0.15) is 0 Å². The van der Waals surface area contributed by atoms with Crippen LogP contribution in [0.15, 0.2) is 31.9 Å². The molecule has 0 saturated heterocycles. The van der Waals surface area contributed by atoms with Crippen LogP contribution >= 0.6 is 39.0 Å². The lowest BCUT2D eigenvalue weighted by molar-refractivity contribution is -0.385. The lowest BCUT2D eigenvalue weighted by Crippen LogP contribution is -1.99. The van der Waals surface area contributed by atoms with E-state index in [0.717, 1.165) is 4.90 Å². The van der Waals surface area contributed by atoms with Gasteiger partial charge in [0.15, 0.2) is 4.34 Å². The molecule has 0 saturated carbocycles. The molecule has 0 fully saturated rings. The third-order valence-electron chi connectivity index (χ3n) is 2.51. The third kappa shape index (κ3) is 4.02. The Morgan fingerprint density at radius 3 is 2.86 bits per heavy atom. The Morgan fingerprint density at radius 1 is 1.57 bits per heavy atom. The van der Waals surface area contributed by atoms with Gasteiger partial charge in [-0.25, -0.2) is 4.98 Å². The van der Waals surface area contributed by atoms with Crippen molar-refractivity contribution in [2.24, 2.45) is 0 Å². The molecule has 6 nitrogen and oxygen atoms in total. The lowest BCUT2D eigenvalue weighted by atomic mass is 10.3. The van der Waals surface area contributed by atoms with Crippen LogP contribution in [0, 0.1) is 17.0 Å². The molecule has 0 unspecified atom stereocenters. The fourth-order valence-electron chi connectivity index (χ4n) is 1.53. The van der Waals surface area contributed by atoms with Gasteiger partial charge in [-0.3, -0.25) is 14.9 Å². The summed E-state index contributed by atoms with van der Waals surface area (Å²) in [6.07, 6.45) is -0.0501. The molecule has 0 aliphatic carbocycles. The number of carboxylic acid groups (broad SMARTS) is 1. The quantitative estimate of drug-likeness (QED) is 0.616. The molecule has 2 rings (SSSR count). The van der Waals surface area contributed by atoms with Crippen LogP contribution in [0.5, 0.6) is 0 Å². The first-order valence-corrected chi connectivity index (χ1v) is 8.09. The van der Waals surface area contributed by atoms with Gasteiger partial charge in [-0.1, -0.05) is 11.8 Å². The number of nitro benzene ring substituents is 1. The van der Waals surface area contributed by atoms with Gasteiger partial charge in [-0.2, -0.15) is 0 Å². The molecule has 0 aliphatic heterocycles. The number of hydrogen-bond donors (Lipinski definition) is 1. The molecule has 21 heavy (non-hydrogen) atoms. The van der Waals surface area contributed by atoms with Crippen molar-refractivity contribution in [1.29, 1.82) is 0 Å². The van der Waals surface area contributed by atoms with Crippen LogP contribution in [0.2, 0.25) is 0 Å². The molecule has 1 aromatic heterocycles. The molecule has 9 heteroatoms. The summed E-state index contributed by atoms with van der Waals surface area (Å²) < 4.78 is 1.31. The summed E-state index contributed by atoms with van der Waals surface area (Å²) in [5, 5.41) is 19.5. The molecule has 0 atom stereocenters. The van der Waals surface area contributed by atoms with E-state index >= 15 is 0 Å². The number of carbonyl (C=O) groups is 1. The van der Waals surface area contributed by atoms with Crippen molar-refractivity contribution < 1.29 is 14.8 Å². The number of nitrogens with zero attached hydrogens (tertiary/aromatic N) is 2. The second kappa shape index (κ2) is 6.54. The second-order valence-electron chi connectivity index (χ2n) is 4.03. The Labute approximate surface area is 136 Å². The Kier molecular flexibility index (Phi) is 4.96. The van der Waals surface area contributed by atoms with Crippen molar-refractivity contribution in [2.45, 2.75) is 22.6 Å². The highest BCUT2D eigenvalue weighted by Crippen LogP contribution is 2.38. The smallest absolute Gasteiger partial charge is 0.308 e. The van der Waals surface area contributed by atoms with Gasteiger partial charge in [0, 0.05) is 26.4 Å². The SMILES string of the molecule is Cc1nc(Sc2ccc([N+](=O)[O-])cc2Br)sc1CC(=O)O. The minimum Gasteiger partial charge on any atom is -0.481 e. The van der Waals surface area contributed by atoms with E-state index < -0.39 is 10.9 Å². The Balaban J connectivity index is 2.22. The highest BCUT2D eigenvalue weighted by molar-refractivity contribution is 9.10. The highest BCUT2D eigenvalue weighted by Gasteiger charge is 2.14. The summed E-state index contributed by atoms with van der Waals surface area (Å²) in [6, 6.07) is 4.49. The van der Waals surface area contributed by atoms with Crippen LogP contribution in [0.4, 0.5) is 5.69 Å². The first kappa shape index (κ1) is 15.9. The van der Waals surface area contributed by atoms with Crippen LogP contribution in [0.25, 0.3) is 0 Å². The van der Waals surface area contributed by atoms with Gasteiger partial charge in [0.05, 0.1) is 17.0 Å². The van der Waals surface area contributed by atoms with E-state index in [1.807, 2.05) is 0 Å². The topological polar surface area (TPSA) is 93.3 Å². The van der Waals surface area contributed by atoms with E-state index in [9.17, 15) is 14.9 Å². The number of aliphatic carboxylic acids is 1. The molecule has 0 bridgehead atoms. The van der Waals surface area contributed by atoms with E-state index in [0.29, 0.717) is 19.4 Å². The maximum atomic E-state index is 10.7. The average molecular weight is 389 g/mol. The first-order chi connectivity index (χ1) is 9.86. The molecule has 2 aromatic rings. The average Bonchev–Trinajstić information content (AvgIpc) is 2.71. The maximum absolute atomic E-state index is 10.7. The highest BCUT2D eigenvalue weighted by atomic mass is 79.9. The third-order valence-corrected chi connectivity index (χ3v) is 5.72. The molecule has 0 spiro atoms. The molecule has 110 valence electrons. The number of thiazole rings is 1. The predicted octanol–water partition coefficient (Wildman–Crippen LogP) is 3.90. The summed E-state index contributed by atoms with van der Waals surface area (Å²) in [5.41, 5.74) is 0.705. The number of hydrogen-bond acceptors (Lipinski definition) is 6. The minimum atomic E-state index is -0.894. The maximum Gasteiger partial charge on any atom is 0.308 e. The first-order valence-electron chi connectivity index (χ1n) is 5.66. The Hall–Kier alpha value is -1.45. The summed E-state index contributed by atoms with van der Waals surface area (Å²) >= 11 is 5.96. The number of aromatic nitrogens is 1. The van der Waals surface area contributed by atoms with Crippen molar-refractivity contribution in [3.8, 4) is 0 Å². The largest absolute Gasteiger partial charge is 0.481 e. The van der Waals surface area contributed by atoms with Gasteiger partial charge in [0.25, 0.3) is 5.69 Å². The summed E-state index contributed by atoms with van der Waals surface area (Å²) in [7, 11) is 0. The van der Waals surface area contributed by atoms with Crippen LogP contribution in [-0.4, -0.2) is 21.0 Å². The number of halogens is 1. The zero-order chi connectivity index (χ0) is 15.6. The van der Waals surface area contributed by atoms with Crippen LogP contribution in [0.1, 0.15) is 10.6 Å². The van der Waals surface area contributed by atoms with Gasteiger partial charge < -0.3 is 5.11 Å². The number of non-ortho nitro benzene ring substituents is 1. The Bertz CT molecular complexity index is 717. The fraction of sp³-hybridized carbons (Fsp3) is 0.167. The molecule has 0 amide bonds. The van der Waals surface area contributed by atoms with E-state index in [2.05, 4.69) is 20.9 Å². The van der Waals surface area contributed by atoms with Gasteiger partial charge in [0.2, 0.25) is 0 Å². The van der Waals surface area contributed by atoms with Crippen LogP contribution < -0.4 is 0 Å². The second-order valence-corrected chi connectivity index (χ2v) is 7.26. The summed E-state index contributed by atoms with van der Waals surface area (Å²) in [6.45, 7) is 1.77. The zero-order valence-corrected chi connectivity index (χ0v) is 13.9. The van der Waals surface area contributed by atoms with Crippen LogP contribution in [0.3, 0.4) is 0 Å². The van der Waals surface area contributed by atoms with Crippen molar-refractivity contribution in [3.63, 3.8) is 0 Å². The minimum absolute atomic E-state index is 0.00751. The van der Waals surface area contributed by atoms with Crippen LogP contribution in [-0.2, 0) is 11.2 Å². The molecule has 0 radical (unpaired) electrons. The fourth-order valence-corrected chi connectivity index (χ4v) is 4.32. The standard InChI is InChI=1S/C12H9BrN2O4S2/c1-6-10(5-11(16)17)21-12(14-6)20-9-3-2-7(15(18)19)4-8(9)13/h2-4H,5H2,1H3,(H,16,17). The molecule has 1 heterocycles. The van der Waals surface area contributed by atoms with E-state index in [1.54, 1.807) is 13.0 Å². The van der Waals surface area contributed by atoms with E-state index in [1.165, 1.54) is 35.2 Å². The predicted molar refractivity (Wildman–Crippen MR) is 83.1 cm³/mol. The van der Waals surface area contributed by atoms with Crippen molar-refractivity contribution in [3.05, 3.63) is 43.4 Å². The van der Waals surface area contributed by atoms with E-state index in [4.69, 9.17) is 5.11 Å². The normalized spacial score (nSPS) is 10.6. The number of aryl methyl sites for hydroxylation is 1. The van der Waals surface area contributed by atoms with Crippen molar-refractivity contribution in [2.75, 3.05) is 0 Å². The van der Waals surface area contributed by atoms with Gasteiger partial charge in [-0.15, -0.1) is 11.3 Å². The number of rotatable bonds is 5. The number of benzene rings is 1. The molecular weight excluding hydrogens is 380 g/mol. The van der Waals surface area contributed by atoms with Gasteiger partial charge in [-0.05, 0) is 28.9 Å². The van der Waals surface area contributed by atoms with Gasteiger partial charge >= 0.3 is 5.97 Å². The number of nitro groups is 1. The zero-order valence-electron chi connectivity index (χ0n) is 10.7. The lowest BCUT2D eigenvalue weighted by Gasteiger charge is -2.01. The Morgan fingerprint density at radius 2 is 2.29 bits per heavy atom. The monoisotopic (exact) mass is 388 g/mol. The summed E-state index contributed by atoms with van der Waals surface area (Å²) in [5.74, 6) is -0.894. The van der Waals surface area contributed by atoms with Crippen molar-refractivity contribution >= 4 is 50.7 Å². The molecule has 1 N–H and O–H groups in total. The van der Waals surface area contributed by atoms with E-state index in [-0.39, 0.29) is 12.1 Å². The van der Waals surface area contributed by atoms with Crippen molar-refractivity contribution in [1.82, 2.24) is 4.98 Å². The number of carboxylic acids is 1. The molecular formula is C12H9BrN2O4S2. The summed E-state index contributed by atoms with van der Waals surface area (Å²) in [4.78, 5) is 26.8.